The molecule has 3 aromatic rings. The molecule has 2 aliphatic heterocycles. The molecule has 5 rings (SSSR count). The van der Waals surface area contributed by atoms with Gasteiger partial charge in [0.15, 0.2) is 6.61 Å². The third-order valence-electron chi connectivity index (χ3n) is 6.55. The fourth-order valence-corrected chi connectivity index (χ4v) is 6.02. The molecule has 0 N–H and O–H groups in total. The maximum absolute atomic E-state index is 12.0. The first-order valence-corrected chi connectivity index (χ1v) is 13.2. The molecule has 1 fully saturated rings. The number of hydrogen-bond donors (Lipinski definition) is 0. The lowest BCUT2D eigenvalue weighted by Crippen LogP contribution is -2.48. The van der Waals surface area contributed by atoms with Crippen LogP contribution in [0, 0.1) is 0 Å². The SMILES string of the molecule is O=C(COc1ccccc1)OCCN1CCN([C@@H]2Cc3cc(Cl)ccc3Sc3ccccc32)CC1. The highest BCUT2D eigenvalue weighted by Gasteiger charge is 2.30. The van der Waals surface area contributed by atoms with Gasteiger partial charge in [0.1, 0.15) is 12.4 Å². The van der Waals surface area contributed by atoms with Crippen LogP contribution < -0.4 is 4.74 Å². The molecule has 0 aromatic heterocycles. The molecular weight excluding hydrogens is 480 g/mol. The van der Waals surface area contributed by atoms with Crippen LogP contribution >= 0.6 is 23.4 Å². The van der Waals surface area contributed by atoms with E-state index in [2.05, 4.69) is 46.2 Å². The van der Waals surface area contributed by atoms with Crippen LogP contribution in [0.2, 0.25) is 5.02 Å². The van der Waals surface area contributed by atoms with Gasteiger partial charge in [-0.1, -0.05) is 59.8 Å². The first-order chi connectivity index (χ1) is 17.2. The maximum atomic E-state index is 12.0. The second-order valence-electron chi connectivity index (χ2n) is 8.81. The van der Waals surface area contributed by atoms with Crippen LogP contribution in [0.25, 0.3) is 0 Å². The Kier molecular flexibility index (Phi) is 7.94. The van der Waals surface area contributed by atoms with Crippen molar-refractivity contribution in [3.63, 3.8) is 0 Å². The summed E-state index contributed by atoms with van der Waals surface area (Å²) in [5.74, 6) is 0.335. The smallest absolute Gasteiger partial charge is 0.344 e. The van der Waals surface area contributed by atoms with E-state index in [0.29, 0.717) is 18.4 Å². The van der Waals surface area contributed by atoms with Crippen LogP contribution in [0.5, 0.6) is 5.75 Å². The van der Waals surface area contributed by atoms with Gasteiger partial charge in [-0.3, -0.25) is 9.80 Å². The van der Waals surface area contributed by atoms with Crippen molar-refractivity contribution < 1.29 is 14.3 Å². The summed E-state index contributed by atoms with van der Waals surface area (Å²) in [6, 6.07) is 24.6. The van der Waals surface area contributed by atoms with Gasteiger partial charge in [-0.25, -0.2) is 4.79 Å². The van der Waals surface area contributed by atoms with Crippen LogP contribution in [-0.4, -0.2) is 61.7 Å². The fraction of sp³-hybridized carbons (Fsp3) is 0.321. The monoisotopic (exact) mass is 508 g/mol. The van der Waals surface area contributed by atoms with Gasteiger partial charge in [-0.2, -0.15) is 0 Å². The Morgan fingerprint density at radius 1 is 0.943 bits per heavy atom. The average Bonchev–Trinajstić information content (AvgIpc) is 3.05. The van der Waals surface area contributed by atoms with Crippen molar-refractivity contribution in [3.8, 4) is 5.75 Å². The number of rotatable bonds is 7. The number of fused-ring (bicyclic) bond motifs is 2. The lowest BCUT2D eigenvalue weighted by molar-refractivity contribution is -0.146. The van der Waals surface area contributed by atoms with Crippen molar-refractivity contribution in [1.29, 1.82) is 0 Å². The molecule has 0 amide bonds. The third kappa shape index (κ3) is 6.19. The summed E-state index contributed by atoms with van der Waals surface area (Å²) in [6.07, 6.45) is 0.957. The molecule has 7 heteroatoms. The van der Waals surface area contributed by atoms with Gasteiger partial charge in [0.2, 0.25) is 0 Å². The van der Waals surface area contributed by atoms with Crippen LogP contribution in [0.15, 0.2) is 82.6 Å². The summed E-state index contributed by atoms with van der Waals surface area (Å²) in [6.45, 7) is 4.91. The largest absolute Gasteiger partial charge is 0.482 e. The van der Waals surface area contributed by atoms with Crippen LogP contribution in [0.4, 0.5) is 0 Å². The predicted molar refractivity (Wildman–Crippen MR) is 139 cm³/mol. The van der Waals surface area contributed by atoms with Crippen molar-refractivity contribution in [2.45, 2.75) is 22.3 Å². The van der Waals surface area contributed by atoms with E-state index in [-0.39, 0.29) is 12.6 Å². The first-order valence-electron chi connectivity index (χ1n) is 12.0. The van der Waals surface area contributed by atoms with Crippen molar-refractivity contribution in [2.24, 2.45) is 0 Å². The highest BCUT2D eigenvalue weighted by molar-refractivity contribution is 7.99. The lowest BCUT2D eigenvalue weighted by Gasteiger charge is -2.39. The molecule has 5 nitrogen and oxygen atoms in total. The Hall–Kier alpha value is -2.51. The van der Waals surface area contributed by atoms with E-state index in [4.69, 9.17) is 21.1 Å². The minimum absolute atomic E-state index is 0.0671. The molecule has 0 aliphatic carbocycles. The first kappa shape index (κ1) is 24.2. The molecule has 35 heavy (non-hydrogen) atoms. The summed E-state index contributed by atoms with van der Waals surface area (Å²) in [4.78, 5) is 19.6. The number of esters is 1. The Bertz CT molecular complexity index is 1150. The van der Waals surface area contributed by atoms with Crippen molar-refractivity contribution in [2.75, 3.05) is 45.9 Å². The fourth-order valence-electron chi connectivity index (χ4n) is 4.71. The summed E-state index contributed by atoms with van der Waals surface area (Å²) < 4.78 is 10.8. The van der Waals surface area contributed by atoms with E-state index < -0.39 is 0 Å². The van der Waals surface area contributed by atoms with Gasteiger partial charge in [-0.15, -0.1) is 0 Å². The molecule has 1 atom stereocenters. The zero-order valence-corrected chi connectivity index (χ0v) is 21.1. The molecule has 0 unspecified atom stereocenters. The van der Waals surface area contributed by atoms with Gasteiger partial charge in [0.05, 0.1) is 0 Å². The number of ether oxygens (including phenoxy) is 2. The van der Waals surface area contributed by atoms with Gasteiger partial charge >= 0.3 is 5.97 Å². The van der Waals surface area contributed by atoms with Gasteiger partial charge in [0.25, 0.3) is 0 Å². The molecule has 0 saturated carbocycles. The molecule has 0 bridgehead atoms. The molecule has 1 saturated heterocycles. The Labute approximate surface area is 216 Å². The van der Waals surface area contributed by atoms with E-state index in [1.165, 1.54) is 20.9 Å². The highest BCUT2D eigenvalue weighted by atomic mass is 35.5. The normalized spacial score (nSPS) is 18.3. The number of hydrogen-bond acceptors (Lipinski definition) is 6. The summed E-state index contributed by atoms with van der Waals surface area (Å²) >= 11 is 8.18. The minimum Gasteiger partial charge on any atom is -0.482 e. The van der Waals surface area contributed by atoms with E-state index in [1.807, 2.05) is 48.2 Å². The maximum Gasteiger partial charge on any atom is 0.344 e. The minimum atomic E-state index is -0.336. The summed E-state index contributed by atoms with van der Waals surface area (Å²) in [5.41, 5.74) is 2.71. The number of nitrogens with zero attached hydrogens (tertiary/aromatic N) is 2. The zero-order chi connectivity index (χ0) is 24.0. The van der Waals surface area contributed by atoms with Crippen molar-refractivity contribution in [3.05, 3.63) is 88.9 Å². The van der Waals surface area contributed by atoms with Crippen LogP contribution in [0.3, 0.4) is 0 Å². The van der Waals surface area contributed by atoms with Gasteiger partial charge in [0, 0.05) is 53.6 Å². The number of para-hydroxylation sites is 1. The predicted octanol–water partition coefficient (Wildman–Crippen LogP) is 5.33. The second-order valence-corrected chi connectivity index (χ2v) is 10.3. The quantitative estimate of drug-likeness (QED) is 0.402. The Balaban J connectivity index is 1.13. The molecule has 2 heterocycles. The van der Waals surface area contributed by atoms with E-state index in [1.54, 1.807) is 0 Å². The second kappa shape index (κ2) is 11.5. The zero-order valence-electron chi connectivity index (χ0n) is 19.6. The van der Waals surface area contributed by atoms with Crippen molar-refractivity contribution >= 4 is 29.3 Å². The van der Waals surface area contributed by atoms with Gasteiger partial charge < -0.3 is 9.47 Å². The molecule has 182 valence electrons. The number of carbonyl (C=O) groups is 1. The summed E-state index contributed by atoms with van der Waals surface area (Å²) in [7, 11) is 0. The molecule has 0 spiro atoms. The van der Waals surface area contributed by atoms with Gasteiger partial charge in [-0.05, 0) is 53.9 Å². The van der Waals surface area contributed by atoms with Crippen molar-refractivity contribution in [1.82, 2.24) is 9.80 Å². The topological polar surface area (TPSA) is 42.0 Å². The molecule has 0 radical (unpaired) electrons. The molecular formula is C28H29ClN2O3S. The van der Waals surface area contributed by atoms with Crippen LogP contribution in [-0.2, 0) is 16.0 Å². The Morgan fingerprint density at radius 3 is 2.54 bits per heavy atom. The third-order valence-corrected chi connectivity index (χ3v) is 8.00. The molecule has 3 aromatic carbocycles. The number of piperazine rings is 1. The number of carbonyl (C=O) groups excluding carboxylic acids is 1. The summed E-state index contributed by atoms with van der Waals surface area (Å²) in [5, 5.41) is 0.794. The highest BCUT2D eigenvalue weighted by Crippen LogP contribution is 2.43. The number of halogens is 1. The van der Waals surface area contributed by atoms with E-state index in [9.17, 15) is 4.79 Å². The van der Waals surface area contributed by atoms with E-state index >= 15 is 0 Å². The standard InChI is InChI=1S/C28H29ClN2O3S/c29-22-10-11-26-21(18-22)19-25(24-8-4-5-9-27(24)35-26)31-14-12-30(13-15-31)16-17-33-28(32)20-34-23-6-2-1-3-7-23/h1-11,18,25H,12-17,19-20H2/t25-/m1/s1. The molecule has 2 aliphatic rings. The van der Waals surface area contributed by atoms with Crippen LogP contribution in [0.1, 0.15) is 17.2 Å². The average molecular weight is 509 g/mol. The van der Waals surface area contributed by atoms with E-state index in [0.717, 1.165) is 44.2 Å². The Morgan fingerprint density at radius 2 is 1.71 bits per heavy atom. The lowest BCUT2D eigenvalue weighted by atomic mass is 9.96. The number of benzene rings is 3.